The molecule has 0 saturated heterocycles. The summed E-state index contributed by atoms with van der Waals surface area (Å²) in [4.78, 5) is 0. The van der Waals surface area contributed by atoms with Gasteiger partial charge in [0.2, 0.25) is 0 Å². The van der Waals surface area contributed by atoms with E-state index < -0.39 is 6.10 Å². The molecule has 1 nitrogen and oxygen atoms in total. The number of aliphatic hydroxyl groups is 1. The van der Waals surface area contributed by atoms with Gasteiger partial charge in [0.05, 0.1) is 6.10 Å². The van der Waals surface area contributed by atoms with Gasteiger partial charge >= 0.3 is 0 Å². The number of halogens is 2. The molecular weight excluding hydrogens is 219 g/mol. The quantitative estimate of drug-likeness (QED) is 0.834. The summed E-state index contributed by atoms with van der Waals surface area (Å²) >= 11 is 11.9. The molecule has 1 rings (SSSR count). The summed E-state index contributed by atoms with van der Waals surface area (Å²) in [5.74, 6) is 0.414. The molecule has 0 bridgehead atoms. The van der Waals surface area contributed by atoms with Crippen molar-refractivity contribution < 1.29 is 5.11 Å². The van der Waals surface area contributed by atoms with Crippen LogP contribution in [-0.4, -0.2) is 5.11 Å². The molecule has 0 aromatic heterocycles. The standard InChI is InChI=1S/C11H14Cl2O/c1-7(2)6-10(14)11-8(12)4-3-5-9(11)13/h3-5,7,10,14H,6H2,1-2H3/t10-/m1/s1. The molecule has 0 saturated carbocycles. The molecule has 0 spiro atoms. The van der Waals surface area contributed by atoms with Crippen LogP contribution >= 0.6 is 23.2 Å². The summed E-state index contributed by atoms with van der Waals surface area (Å²) in [6.45, 7) is 4.10. The Morgan fingerprint density at radius 2 is 1.71 bits per heavy atom. The molecule has 0 aliphatic rings. The van der Waals surface area contributed by atoms with Gasteiger partial charge in [-0.1, -0.05) is 43.1 Å². The maximum absolute atomic E-state index is 9.88. The Balaban J connectivity index is 2.94. The topological polar surface area (TPSA) is 20.2 Å². The Bertz CT molecular complexity index is 290. The van der Waals surface area contributed by atoms with E-state index in [2.05, 4.69) is 0 Å². The Hall–Kier alpha value is -0.240. The zero-order valence-electron chi connectivity index (χ0n) is 8.30. The molecule has 1 N–H and O–H groups in total. The molecule has 14 heavy (non-hydrogen) atoms. The predicted octanol–water partition coefficient (Wildman–Crippen LogP) is 4.07. The van der Waals surface area contributed by atoms with Gasteiger partial charge in [-0.2, -0.15) is 0 Å². The Kier molecular flexibility index (Phi) is 4.24. The van der Waals surface area contributed by atoms with Crippen molar-refractivity contribution in [2.45, 2.75) is 26.4 Å². The molecule has 0 aliphatic heterocycles. The summed E-state index contributed by atoms with van der Waals surface area (Å²) in [5, 5.41) is 10.9. The number of rotatable bonds is 3. The smallest absolute Gasteiger partial charge is 0.0821 e. The first-order chi connectivity index (χ1) is 6.52. The lowest BCUT2D eigenvalue weighted by Crippen LogP contribution is -2.03. The molecule has 0 unspecified atom stereocenters. The van der Waals surface area contributed by atoms with Crippen LogP contribution in [0.3, 0.4) is 0 Å². The maximum atomic E-state index is 9.88. The third-order valence-electron chi connectivity index (χ3n) is 2.03. The largest absolute Gasteiger partial charge is 0.388 e. The highest BCUT2D eigenvalue weighted by molar-refractivity contribution is 6.36. The van der Waals surface area contributed by atoms with Crippen molar-refractivity contribution in [2.75, 3.05) is 0 Å². The van der Waals surface area contributed by atoms with E-state index in [0.29, 0.717) is 27.9 Å². The average molecular weight is 233 g/mol. The van der Waals surface area contributed by atoms with Crippen LogP contribution in [0.25, 0.3) is 0 Å². The van der Waals surface area contributed by atoms with E-state index in [0.717, 1.165) is 0 Å². The fourth-order valence-electron chi connectivity index (χ4n) is 1.39. The Morgan fingerprint density at radius 1 is 1.21 bits per heavy atom. The maximum Gasteiger partial charge on any atom is 0.0821 e. The molecular formula is C11H14Cl2O. The highest BCUT2D eigenvalue weighted by atomic mass is 35.5. The zero-order chi connectivity index (χ0) is 10.7. The molecule has 0 heterocycles. The molecule has 1 atom stereocenters. The summed E-state index contributed by atoms with van der Waals surface area (Å²) in [6, 6.07) is 5.26. The van der Waals surface area contributed by atoms with E-state index in [9.17, 15) is 5.11 Å². The van der Waals surface area contributed by atoms with Crippen LogP contribution < -0.4 is 0 Å². The van der Waals surface area contributed by atoms with Crippen molar-refractivity contribution >= 4 is 23.2 Å². The third-order valence-corrected chi connectivity index (χ3v) is 2.69. The van der Waals surface area contributed by atoms with E-state index in [1.165, 1.54) is 0 Å². The number of aliphatic hydroxyl groups excluding tert-OH is 1. The van der Waals surface area contributed by atoms with Crippen molar-refractivity contribution in [3.05, 3.63) is 33.8 Å². The van der Waals surface area contributed by atoms with Gasteiger partial charge in [0.25, 0.3) is 0 Å². The molecule has 1 aromatic rings. The fourth-order valence-corrected chi connectivity index (χ4v) is 2.04. The van der Waals surface area contributed by atoms with E-state index in [4.69, 9.17) is 23.2 Å². The van der Waals surface area contributed by atoms with Gasteiger partial charge in [0.1, 0.15) is 0 Å². The van der Waals surface area contributed by atoms with Crippen LogP contribution in [0.4, 0.5) is 0 Å². The second kappa shape index (κ2) is 5.01. The lowest BCUT2D eigenvalue weighted by Gasteiger charge is -2.16. The monoisotopic (exact) mass is 232 g/mol. The summed E-state index contributed by atoms with van der Waals surface area (Å²) < 4.78 is 0. The minimum Gasteiger partial charge on any atom is -0.388 e. The molecule has 0 radical (unpaired) electrons. The van der Waals surface area contributed by atoms with Crippen LogP contribution in [0.2, 0.25) is 10.0 Å². The van der Waals surface area contributed by atoms with Crippen LogP contribution in [-0.2, 0) is 0 Å². The van der Waals surface area contributed by atoms with Crippen LogP contribution in [0.5, 0.6) is 0 Å². The first-order valence-electron chi connectivity index (χ1n) is 4.64. The third kappa shape index (κ3) is 2.88. The molecule has 0 amide bonds. The van der Waals surface area contributed by atoms with Crippen LogP contribution in [0, 0.1) is 5.92 Å². The average Bonchev–Trinajstić information content (AvgIpc) is 2.01. The number of hydrogen-bond acceptors (Lipinski definition) is 1. The van der Waals surface area contributed by atoms with Gasteiger partial charge in [-0.3, -0.25) is 0 Å². The van der Waals surface area contributed by atoms with Crippen molar-refractivity contribution in [1.29, 1.82) is 0 Å². The van der Waals surface area contributed by atoms with E-state index in [1.54, 1.807) is 18.2 Å². The molecule has 0 aliphatic carbocycles. The lowest BCUT2D eigenvalue weighted by molar-refractivity contribution is 0.151. The molecule has 0 fully saturated rings. The Morgan fingerprint density at radius 3 is 2.14 bits per heavy atom. The van der Waals surface area contributed by atoms with Crippen molar-refractivity contribution in [3.8, 4) is 0 Å². The van der Waals surface area contributed by atoms with Crippen molar-refractivity contribution in [1.82, 2.24) is 0 Å². The zero-order valence-corrected chi connectivity index (χ0v) is 9.81. The molecule has 1 aromatic carbocycles. The van der Waals surface area contributed by atoms with E-state index in [1.807, 2.05) is 13.8 Å². The van der Waals surface area contributed by atoms with Crippen LogP contribution in [0.15, 0.2) is 18.2 Å². The number of benzene rings is 1. The highest BCUT2D eigenvalue weighted by Gasteiger charge is 2.16. The van der Waals surface area contributed by atoms with Gasteiger partial charge < -0.3 is 5.11 Å². The van der Waals surface area contributed by atoms with Crippen molar-refractivity contribution in [3.63, 3.8) is 0 Å². The fraction of sp³-hybridized carbons (Fsp3) is 0.455. The van der Waals surface area contributed by atoms with Crippen molar-refractivity contribution in [2.24, 2.45) is 5.92 Å². The molecule has 3 heteroatoms. The first-order valence-corrected chi connectivity index (χ1v) is 5.40. The summed E-state index contributed by atoms with van der Waals surface area (Å²) in [6.07, 6.45) is 0.0971. The minimum absolute atomic E-state index is 0.414. The van der Waals surface area contributed by atoms with Gasteiger partial charge in [-0.05, 0) is 24.5 Å². The number of hydrogen-bond donors (Lipinski definition) is 1. The SMILES string of the molecule is CC(C)C[C@@H](O)c1c(Cl)cccc1Cl. The molecule has 78 valence electrons. The summed E-state index contributed by atoms with van der Waals surface area (Å²) in [5.41, 5.74) is 0.643. The van der Waals surface area contributed by atoms with Gasteiger partial charge in [-0.25, -0.2) is 0 Å². The lowest BCUT2D eigenvalue weighted by atomic mass is 9.99. The predicted molar refractivity (Wildman–Crippen MR) is 60.9 cm³/mol. The Labute approximate surface area is 94.7 Å². The highest BCUT2D eigenvalue weighted by Crippen LogP contribution is 2.33. The summed E-state index contributed by atoms with van der Waals surface area (Å²) in [7, 11) is 0. The van der Waals surface area contributed by atoms with Gasteiger partial charge in [-0.15, -0.1) is 0 Å². The minimum atomic E-state index is -0.573. The van der Waals surface area contributed by atoms with Gasteiger partial charge in [0.15, 0.2) is 0 Å². The second-order valence-electron chi connectivity index (χ2n) is 3.78. The van der Waals surface area contributed by atoms with Gasteiger partial charge in [0, 0.05) is 15.6 Å². The second-order valence-corrected chi connectivity index (χ2v) is 4.60. The normalized spacial score (nSPS) is 13.3. The van der Waals surface area contributed by atoms with E-state index >= 15 is 0 Å². The van der Waals surface area contributed by atoms with Crippen LogP contribution in [0.1, 0.15) is 31.9 Å². The first kappa shape index (κ1) is 11.8. The van der Waals surface area contributed by atoms with E-state index in [-0.39, 0.29) is 0 Å².